The quantitative estimate of drug-likeness (QED) is 0.784. The fraction of sp³-hybridized carbons (Fsp3) is 0.440. The van der Waals surface area contributed by atoms with Crippen molar-refractivity contribution in [3.63, 3.8) is 0 Å². The Morgan fingerprint density at radius 2 is 2.06 bits per heavy atom. The van der Waals surface area contributed by atoms with Gasteiger partial charge in [-0.3, -0.25) is 0 Å². The van der Waals surface area contributed by atoms with Gasteiger partial charge in [0.1, 0.15) is 5.75 Å². The van der Waals surface area contributed by atoms with Crippen LogP contribution in [-0.4, -0.2) is 53.2 Å². The number of nitrogens with one attached hydrogen (secondary N) is 1. The van der Waals surface area contributed by atoms with Crippen LogP contribution < -0.4 is 5.32 Å². The van der Waals surface area contributed by atoms with E-state index >= 15 is 0 Å². The van der Waals surface area contributed by atoms with Crippen LogP contribution in [0.1, 0.15) is 43.4 Å². The van der Waals surface area contributed by atoms with Gasteiger partial charge in [-0.15, -0.1) is 0 Å². The molecule has 2 aromatic rings. The van der Waals surface area contributed by atoms with Crippen molar-refractivity contribution in [3.8, 4) is 11.8 Å². The molecule has 0 aromatic heterocycles. The van der Waals surface area contributed by atoms with Gasteiger partial charge in [0.05, 0.1) is 17.7 Å². The lowest BCUT2D eigenvalue weighted by Gasteiger charge is -2.57. The van der Waals surface area contributed by atoms with E-state index in [1.165, 1.54) is 5.56 Å². The third-order valence-corrected chi connectivity index (χ3v) is 7.03. The Hall–Kier alpha value is -3.04. The standard InChI is InChI=1S/C25H30N4O2/c1-4-12-29(24(31)27-19-8-5-17(16-26)6-9-19)23-22-14-18-7-10-20(30)15-21(18)25(23,2)11-13-28(22)3/h5-10,15,22-23,30H,4,11-14H2,1-3H3,(H,27,31)/t22-,23+,25-/m1/s1. The Kier molecular flexibility index (Phi) is 5.63. The minimum absolute atomic E-state index is 0.00104. The fourth-order valence-corrected chi connectivity index (χ4v) is 5.43. The number of urea groups is 1. The van der Waals surface area contributed by atoms with E-state index in [4.69, 9.17) is 5.26 Å². The van der Waals surface area contributed by atoms with Crippen LogP contribution in [0.4, 0.5) is 10.5 Å². The Labute approximate surface area is 184 Å². The zero-order valence-electron chi connectivity index (χ0n) is 18.4. The maximum Gasteiger partial charge on any atom is 0.322 e. The summed E-state index contributed by atoms with van der Waals surface area (Å²) in [4.78, 5) is 17.9. The second-order valence-electron chi connectivity index (χ2n) is 9.02. The number of likely N-dealkylation sites (N-methyl/N-ethyl adjacent to an activating group) is 1. The van der Waals surface area contributed by atoms with Crippen LogP contribution in [-0.2, 0) is 11.8 Å². The van der Waals surface area contributed by atoms with Crippen molar-refractivity contribution in [2.75, 3.05) is 25.5 Å². The molecule has 6 heteroatoms. The highest BCUT2D eigenvalue weighted by Gasteiger charge is 2.53. The molecule has 3 atom stereocenters. The van der Waals surface area contributed by atoms with Crippen LogP contribution in [0.3, 0.4) is 0 Å². The molecule has 0 saturated carbocycles. The van der Waals surface area contributed by atoms with Crippen molar-refractivity contribution in [1.29, 1.82) is 5.26 Å². The number of rotatable bonds is 4. The first kappa shape index (κ1) is 21.2. The second kappa shape index (κ2) is 8.24. The maximum absolute atomic E-state index is 13.5. The van der Waals surface area contributed by atoms with E-state index in [1.54, 1.807) is 30.3 Å². The first-order valence-corrected chi connectivity index (χ1v) is 11.0. The number of phenols is 1. The summed E-state index contributed by atoms with van der Waals surface area (Å²) in [5, 5.41) is 22.3. The molecule has 31 heavy (non-hydrogen) atoms. The average Bonchev–Trinajstić information content (AvgIpc) is 2.76. The van der Waals surface area contributed by atoms with Crippen LogP contribution in [0.2, 0.25) is 0 Å². The average molecular weight is 419 g/mol. The number of amides is 2. The lowest BCUT2D eigenvalue weighted by molar-refractivity contribution is 0.0117. The lowest BCUT2D eigenvalue weighted by Crippen LogP contribution is -2.68. The highest BCUT2D eigenvalue weighted by Crippen LogP contribution is 2.47. The van der Waals surface area contributed by atoms with Crippen LogP contribution in [0.15, 0.2) is 42.5 Å². The van der Waals surface area contributed by atoms with E-state index in [2.05, 4.69) is 37.2 Å². The van der Waals surface area contributed by atoms with E-state index in [-0.39, 0.29) is 29.3 Å². The molecular weight excluding hydrogens is 388 g/mol. The number of hydrogen-bond acceptors (Lipinski definition) is 4. The van der Waals surface area contributed by atoms with Gasteiger partial charge >= 0.3 is 6.03 Å². The summed E-state index contributed by atoms with van der Waals surface area (Å²) >= 11 is 0. The third-order valence-electron chi connectivity index (χ3n) is 7.03. The van der Waals surface area contributed by atoms with Gasteiger partial charge in [-0.2, -0.15) is 5.26 Å². The number of hydrogen-bond donors (Lipinski definition) is 2. The number of aromatic hydroxyl groups is 1. The number of carbonyl (C=O) groups is 1. The predicted octanol–water partition coefficient (Wildman–Crippen LogP) is 4.09. The van der Waals surface area contributed by atoms with E-state index in [0.29, 0.717) is 17.8 Å². The molecule has 1 saturated heterocycles. The lowest BCUT2D eigenvalue weighted by atomic mass is 9.61. The normalized spacial score (nSPS) is 24.7. The molecule has 0 radical (unpaired) electrons. The number of nitrogens with zero attached hydrogens (tertiary/aromatic N) is 3. The summed E-state index contributed by atoms with van der Waals surface area (Å²) in [6, 6.07) is 14.9. The van der Waals surface area contributed by atoms with Crippen molar-refractivity contribution in [3.05, 3.63) is 59.2 Å². The molecule has 1 fully saturated rings. The van der Waals surface area contributed by atoms with Crippen LogP contribution in [0, 0.1) is 11.3 Å². The molecular formula is C25H30N4O2. The third kappa shape index (κ3) is 3.75. The second-order valence-corrected chi connectivity index (χ2v) is 9.02. The number of fused-ring (bicyclic) bond motifs is 4. The monoisotopic (exact) mass is 418 g/mol. The Morgan fingerprint density at radius 1 is 1.32 bits per heavy atom. The number of nitriles is 1. The van der Waals surface area contributed by atoms with Gasteiger partial charge in [0.15, 0.2) is 0 Å². The van der Waals surface area contributed by atoms with Crippen molar-refractivity contribution in [2.45, 2.75) is 50.6 Å². The molecule has 4 rings (SSSR count). The van der Waals surface area contributed by atoms with Gasteiger partial charge in [-0.1, -0.05) is 19.9 Å². The Balaban J connectivity index is 1.70. The van der Waals surface area contributed by atoms with Gasteiger partial charge in [0.2, 0.25) is 0 Å². The largest absolute Gasteiger partial charge is 0.508 e. The van der Waals surface area contributed by atoms with Crippen molar-refractivity contribution < 1.29 is 9.90 Å². The summed E-state index contributed by atoms with van der Waals surface area (Å²) in [6.45, 7) is 5.95. The zero-order valence-corrected chi connectivity index (χ0v) is 18.4. The number of carbonyl (C=O) groups excluding carboxylic acids is 1. The molecule has 2 amide bonds. The van der Waals surface area contributed by atoms with Gasteiger partial charge in [-0.25, -0.2) is 4.79 Å². The summed E-state index contributed by atoms with van der Waals surface area (Å²) < 4.78 is 0. The smallest absolute Gasteiger partial charge is 0.322 e. The van der Waals surface area contributed by atoms with Crippen molar-refractivity contribution in [1.82, 2.24) is 9.80 Å². The predicted molar refractivity (Wildman–Crippen MR) is 121 cm³/mol. The van der Waals surface area contributed by atoms with Crippen LogP contribution >= 0.6 is 0 Å². The summed E-state index contributed by atoms with van der Waals surface area (Å²) in [5.41, 5.74) is 3.44. The SMILES string of the molecule is CCCN(C(=O)Nc1ccc(C#N)cc1)[C@H]1[C@H]2Cc3ccc(O)cc3[C@@]1(C)CCN2C. The maximum atomic E-state index is 13.5. The number of anilines is 1. The van der Waals surface area contributed by atoms with Crippen LogP contribution in [0.25, 0.3) is 0 Å². The number of likely N-dealkylation sites (tertiary alicyclic amines) is 1. The van der Waals surface area contributed by atoms with E-state index < -0.39 is 0 Å². The molecule has 162 valence electrons. The van der Waals surface area contributed by atoms with Gasteiger partial charge in [0.25, 0.3) is 0 Å². The first-order chi connectivity index (χ1) is 14.9. The molecule has 0 spiro atoms. The highest BCUT2D eigenvalue weighted by atomic mass is 16.3. The summed E-state index contributed by atoms with van der Waals surface area (Å²) in [6.07, 6.45) is 2.64. The fourth-order valence-electron chi connectivity index (χ4n) is 5.43. The first-order valence-electron chi connectivity index (χ1n) is 11.0. The molecule has 1 aliphatic carbocycles. The molecule has 6 nitrogen and oxygen atoms in total. The summed E-state index contributed by atoms with van der Waals surface area (Å²) in [7, 11) is 2.14. The summed E-state index contributed by atoms with van der Waals surface area (Å²) in [5.74, 6) is 0.278. The number of piperidine rings is 1. The Morgan fingerprint density at radius 3 is 2.74 bits per heavy atom. The Bertz CT molecular complexity index is 1010. The molecule has 2 aliphatic rings. The van der Waals surface area contributed by atoms with Gasteiger partial charge in [0, 0.05) is 23.7 Å². The van der Waals surface area contributed by atoms with Crippen molar-refractivity contribution >= 4 is 11.7 Å². The molecule has 1 heterocycles. The minimum atomic E-state index is -0.235. The minimum Gasteiger partial charge on any atom is -0.508 e. The topological polar surface area (TPSA) is 79.6 Å². The molecule has 1 aliphatic heterocycles. The van der Waals surface area contributed by atoms with E-state index in [9.17, 15) is 9.90 Å². The number of phenolic OH excluding ortho intramolecular Hbond substituents is 1. The molecule has 0 unspecified atom stereocenters. The number of benzene rings is 2. The molecule has 2 aromatic carbocycles. The van der Waals surface area contributed by atoms with Gasteiger partial charge < -0.3 is 20.2 Å². The van der Waals surface area contributed by atoms with Crippen molar-refractivity contribution in [2.24, 2.45) is 0 Å². The highest BCUT2D eigenvalue weighted by molar-refractivity contribution is 5.90. The molecule has 2 N–H and O–H groups in total. The zero-order chi connectivity index (χ0) is 22.2. The van der Waals surface area contributed by atoms with Gasteiger partial charge in [-0.05, 0) is 80.4 Å². The van der Waals surface area contributed by atoms with E-state index in [0.717, 1.165) is 31.4 Å². The van der Waals surface area contributed by atoms with Crippen LogP contribution in [0.5, 0.6) is 5.75 Å². The van der Waals surface area contributed by atoms with E-state index in [1.807, 2.05) is 17.0 Å². The molecule has 2 bridgehead atoms.